The van der Waals surface area contributed by atoms with Gasteiger partial charge < -0.3 is 224 Å². The van der Waals surface area contributed by atoms with E-state index in [-0.39, 0.29) is 125 Å². The van der Waals surface area contributed by atoms with Gasteiger partial charge in [-0.05, 0) is 176 Å². The average Bonchev–Trinajstić information content (AvgIpc) is 0.813. The number of likely N-dealkylation sites (N-methyl/N-ethyl adjacent to an activating group) is 3. The number of ether oxygens (including phenoxy) is 15. The van der Waals surface area contributed by atoms with Gasteiger partial charge in [0.2, 0.25) is 0 Å². The van der Waals surface area contributed by atoms with Crippen LogP contribution in [-0.2, 0) is 71.1 Å². The highest BCUT2D eigenvalue weighted by Gasteiger charge is 2.51. The first-order valence-electron chi connectivity index (χ1n) is 47.2. The van der Waals surface area contributed by atoms with Crippen molar-refractivity contribution in [3.05, 3.63) is 31.3 Å². The zero-order valence-corrected chi connectivity index (χ0v) is 85.8. The molecular formula is C87H174N12O42. The van der Waals surface area contributed by atoms with Crippen LogP contribution in [-0.4, -0.2) is 586 Å². The number of azide groups is 3. The highest BCUT2D eigenvalue weighted by Crippen LogP contribution is 2.33. The maximum absolute atomic E-state index is 9.80. The van der Waals surface area contributed by atoms with Crippen LogP contribution in [0.25, 0.3) is 31.3 Å². The van der Waals surface area contributed by atoms with Gasteiger partial charge in [0.1, 0.15) is 134 Å². The van der Waals surface area contributed by atoms with Gasteiger partial charge in [-0.1, -0.05) is 15.3 Å². The molecule has 0 amide bonds. The van der Waals surface area contributed by atoms with E-state index in [9.17, 15) is 112 Å². The number of aliphatic hydroxyl groups excluding tert-OH is 27. The van der Waals surface area contributed by atoms with E-state index in [1.807, 2.05) is 67.7 Å². The molecule has 51 atom stereocenters. The second-order valence-electron chi connectivity index (χ2n) is 37.5. The smallest absolute Gasteiger partial charge is 0.114 e. The zero-order valence-electron chi connectivity index (χ0n) is 85.8. The molecule has 0 radical (unpaired) electrons. The van der Waals surface area contributed by atoms with Crippen LogP contribution in [0.1, 0.15) is 124 Å². The number of aliphatic hydroxyl groups is 27. The molecule has 11 saturated heterocycles. The second kappa shape index (κ2) is 66.6. The summed E-state index contributed by atoms with van der Waals surface area (Å²) in [6.45, 7) is 26.6. The Kier molecular flexibility index (Phi) is 63.9. The topological polar surface area (TPSA) is 841 Å². The molecule has 0 aliphatic carbocycles. The molecule has 0 aromatic carbocycles. The third-order valence-electron chi connectivity index (χ3n) is 26.2. The van der Waals surface area contributed by atoms with E-state index < -0.39 is 238 Å². The van der Waals surface area contributed by atoms with Crippen molar-refractivity contribution in [1.29, 1.82) is 0 Å². The summed E-state index contributed by atoms with van der Waals surface area (Å²) in [4.78, 5) is 13.2. The number of rotatable bonds is 16. The number of methoxy groups -OCH3 is 4. The molecule has 54 nitrogen and oxygen atoms in total. The Morgan fingerprint density at radius 3 is 0.943 bits per heavy atom. The fourth-order valence-corrected chi connectivity index (χ4v) is 17.5. The molecule has 141 heavy (non-hydrogen) atoms. The minimum atomic E-state index is -1.27. The van der Waals surface area contributed by atoms with Gasteiger partial charge in [-0.25, -0.2) is 0 Å². The lowest BCUT2D eigenvalue weighted by atomic mass is 9.92. The van der Waals surface area contributed by atoms with Crippen molar-refractivity contribution in [2.75, 3.05) is 110 Å². The molecule has 0 aromatic rings. The lowest BCUT2D eigenvalue weighted by Crippen LogP contribution is -2.62. The van der Waals surface area contributed by atoms with E-state index in [1.165, 1.54) is 28.4 Å². The summed E-state index contributed by atoms with van der Waals surface area (Å²) in [5, 5.41) is 264. The van der Waals surface area contributed by atoms with E-state index in [4.69, 9.17) is 113 Å². The zero-order chi connectivity index (χ0) is 109. The fraction of sp³-hybridized carbons (Fsp3) is 1.00. The quantitative estimate of drug-likeness (QED) is 0.0388. The predicted molar refractivity (Wildman–Crippen MR) is 498 cm³/mol. The molecule has 11 rings (SSSR count). The predicted octanol–water partition coefficient (Wildman–Crippen LogP) is -8.19. The summed E-state index contributed by atoms with van der Waals surface area (Å²) in [5.41, 5.74) is 24.5. The molecule has 11 fully saturated rings. The minimum absolute atomic E-state index is 0.0406. The Balaban J connectivity index is 0.000000776. The molecule has 0 spiro atoms. The SMILES string of the molecule is CC1CC(N(C)C)C(O)C(C)O1.CC1CC(O)C(O)C(C)O1.CC1OC(C)C(O)C(N(C)C)C1O.CC1OC(CN=[N+]=[N-])C(O)C(O)C1O.CC1OC(CO)C(N=[N+]=[N-])C(O)C1O.CC1OC(CO)C(O)C(N(C)C)C1O.CC1OC(CO)C(O)C(N=[N+]=[N-])C1O.COC1C(C)OC(C)C(O)C1O.COC1C(CO)OC(C)C(O)C1O.COC1C(O)C(C)OC(C)C1O.COC1C(O)C(C)OC(CO)C1O. The first-order valence-corrected chi connectivity index (χ1v) is 47.2. The normalized spacial score (nSPS) is 45.7. The summed E-state index contributed by atoms with van der Waals surface area (Å²) < 4.78 is 77.6. The largest absolute Gasteiger partial charge is 0.394 e. The Labute approximate surface area is 824 Å². The van der Waals surface area contributed by atoms with Gasteiger partial charge in [-0.3, -0.25) is 0 Å². The fourth-order valence-electron chi connectivity index (χ4n) is 17.5. The summed E-state index contributed by atoms with van der Waals surface area (Å²) in [6.07, 6.45) is -29.3. The van der Waals surface area contributed by atoms with Gasteiger partial charge in [0.25, 0.3) is 0 Å². The Hall–Kier alpha value is -3.87. The van der Waals surface area contributed by atoms with Gasteiger partial charge in [-0.15, -0.1) is 0 Å². The number of nitrogens with zero attached hydrogens (tertiary/aromatic N) is 12. The van der Waals surface area contributed by atoms with E-state index >= 15 is 0 Å². The number of hydrogen-bond acceptors (Lipinski definition) is 48. The van der Waals surface area contributed by atoms with Crippen LogP contribution in [0.4, 0.5) is 0 Å². The van der Waals surface area contributed by atoms with Crippen LogP contribution in [0.2, 0.25) is 0 Å². The molecule has 0 aromatic heterocycles. The lowest BCUT2D eigenvalue weighted by molar-refractivity contribution is -0.231. The van der Waals surface area contributed by atoms with Gasteiger partial charge in [0, 0.05) is 55.6 Å². The van der Waals surface area contributed by atoms with Crippen molar-refractivity contribution in [3.8, 4) is 0 Å². The first-order chi connectivity index (χ1) is 65.7. The highest BCUT2D eigenvalue weighted by molar-refractivity contribution is 5.01. The maximum atomic E-state index is 9.80. The highest BCUT2D eigenvalue weighted by atomic mass is 16.6. The molecular weight excluding hydrogens is 1880 g/mol. The van der Waals surface area contributed by atoms with Crippen molar-refractivity contribution in [3.63, 3.8) is 0 Å². The van der Waals surface area contributed by atoms with Crippen LogP contribution in [0, 0.1) is 0 Å². The van der Waals surface area contributed by atoms with E-state index in [1.54, 1.807) is 88.2 Å². The van der Waals surface area contributed by atoms with Gasteiger partial charge in [-0.2, -0.15) is 0 Å². The van der Waals surface area contributed by atoms with E-state index in [2.05, 4.69) is 41.9 Å². The molecule has 27 N–H and O–H groups in total. The van der Waals surface area contributed by atoms with Crippen molar-refractivity contribution in [2.24, 2.45) is 15.3 Å². The molecule has 11 heterocycles. The lowest BCUT2D eigenvalue weighted by Gasteiger charge is -2.44. The Morgan fingerprint density at radius 1 is 0.248 bits per heavy atom. The molecule has 0 bridgehead atoms. The van der Waals surface area contributed by atoms with Crippen molar-refractivity contribution < 1.29 is 209 Å². The maximum Gasteiger partial charge on any atom is 0.114 e. The first kappa shape index (κ1) is 135. The average molecular weight is 2060 g/mol. The summed E-state index contributed by atoms with van der Waals surface area (Å²) >= 11 is 0. The van der Waals surface area contributed by atoms with Crippen LogP contribution < -0.4 is 0 Å². The molecule has 834 valence electrons. The third kappa shape index (κ3) is 39.8. The van der Waals surface area contributed by atoms with Crippen molar-refractivity contribution in [2.45, 2.75) is 447 Å². The van der Waals surface area contributed by atoms with Crippen LogP contribution in [0.3, 0.4) is 0 Å². The monoisotopic (exact) mass is 2060 g/mol. The van der Waals surface area contributed by atoms with Crippen LogP contribution in [0.5, 0.6) is 0 Å². The molecule has 11 aliphatic heterocycles. The Morgan fingerprint density at radius 2 is 0.546 bits per heavy atom. The summed E-state index contributed by atoms with van der Waals surface area (Å²) in [7, 11) is 17.0. The van der Waals surface area contributed by atoms with Gasteiger partial charge in [0.15, 0.2) is 0 Å². The van der Waals surface area contributed by atoms with Crippen LogP contribution >= 0.6 is 0 Å². The third-order valence-corrected chi connectivity index (χ3v) is 26.2. The molecule has 11 aliphatic rings. The second-order valence-corrected chi connectivity index (χ2v) is 37.5. The molecule has 54 heteroatoms. The van der Waals surface area contributed by atoms with E-state index in [0.29, 0.717) is 6.42 Å². The van der Waals surface area contributed by atoms with E-state index in [0.717, 1.165) is 6.42 Å². The Bertz CT molecular complexity index is 3390. The van der Waals surface area contributed by atoms with Crippen LogP contribution in [0.15, 0.2) is 15.3 Å². The molecule has 0 saturated carbocycles. The minimum Gasteiger partial charge on any atom is -0.394 e. The van der Waals surface area contributed by atoms with Crippen molar-refractivity contribution in [1.82, 2.24) is 14.7 Å². The van der Waals surface area contributed by atoms with Gasteiger partial charge in [0.05, 0.1) is 222 Å². The van der Waals surface area contributed by atoms with Crippen molar-refractivity contribution >= 4 is 0 Å². The summed E-state index contributed by atoms with van der Waals surface area (Å²) in [5.74, 6) is 0. The summed E-state index contributed by atoms with van der Waals surface area (Å²) in [6, 6.07) is -2.31. The number of hydrogen-bond donors (Lipinski definition) is 27. The molecule has 51 unspecified atom stereocenters. The van der Waals surface area contributed by atoms with Gasteiger partial charge >= 0.3 is 0 Å². The standard InChI is InChI=1S/C9H19NO4.C9H19NO3.C9H19NO2.2C8H16O5.2C8H16O4.3C7H13N3O4.C7H14O3/c1-5-8(12)7(10(2)3)9(13)6(4-11)14-5;1-5-8(11)7(10(3)4)9(12)6(2)13-5;1-6-5-8(10(3)4)9(11)7(2)12-6;1-4-6(10)7(11)8(12-2)5(3-9)13-4;1-4-6(10)8(12-2)7(11)5(3-9)13-4;1-4-6(9)7(10)8(11-3)5(2)12-4;1-4-6(9)8(11-3)7(10)5(2)12-4;1-3-6(12)5(9-10-8)7(13)4(2-11)14-3;1-3-6(12)7(13)5(9-10-8)4(2-11)14-3;1-3-5(11)7(13)6(12)4(14-3)2-9-10-8;1-4-3-6(8)7(9)5(2)10-4/h5-9,11-13H,4H2,1-3H3;5-9,11-12H,1-4H3;6-9,11H,5H2,1-4H3;2*4-11H,3H2,1-2H3;2*4-10H,1-3H3;3*3-7,11-13H,2H2,1H3;4-9H,3H2,1-2H3.